The van der Waals surface area contributed by atoms with E-state index in [0.717, 1.165) is 15.8 Å². The summed E-state index contributed by atoms with van der Waals surface area (Å²) in [6.45, 7) is 0.394. The van der Waals surface area contributed by atoms with Gasteiger partial charge in [0.1, 0.15) is 11.4 Å². The van der Waals surface area contributed by atoms with Gasteiger partial charge in [-0.15, -0.1) is 11.3 Å². The van der Waals surface area contributed by atoms with Crippen LogP contribution in [-0.4, -0.2) is 18.1 Å². The van der Waals surface area contributed by atoms with Crippen molar-refractivity contribution < 1.29 is 14.3 Å². The van der Waals surface area contributed by atoms with E-state index in [9.17, 15) is 4.79 Å². The first kappa shape index (κ1) is 13.6. The molecule has 0 amide bonds. The summed E-state index contributed by atoms with van der Waals surface area (Å²) in [4.78, 5) is 17.4. The highest BCUT2D eigenvalue weighted by atomic mass is 32.1. The number of esters is 1. The number of thiophene rings is 1. The molecule has 0 saturated heterocycles. The molecule has 0 aliphatic carbocycles. The molecule has 3 rings (SSSR count). The van der Waals surface area contributed by atoms with E-state index in [2.05, 4.69) is 4.98 Å². The average Bonchev–Trinajstić information content (AvgIpc) is 2.92. The maximum absolute atomic E-state index is 11.9. The number of carbonyl (C=O) groups excluding carboxylic acids is 1. The van der Waals surface area contributed by atoms with Gasteiger partial charge in [0.25, 0.3) is 0 Å². The Morgan fingerprint density at radius 2 is 2.00 bits per heavy atom. The van der Waals surface area contributed by atoms with E-state index < -0.39 is 5.97 Å². The van der Waals surface area contributed by atoms with Crippen molar-refractivity contribution in [2.75, 3.05) is 7.11 Å². The molecule has 0 atom stereocenters. The van der Waals surface area contributed by atoms with Crippen LogP contribution in [0, 0.1) is 0 Å². The minimum Gasteiger partial charge on any atom is -0.486 e. The molecule has 0 unspecified atom stereocenters. The number of rotatable bonds is 4. The summed E-state index contributed by atoms with van der Waals surface area (Å²) >= 11 is 1.28. The molecule has 3 aromatic rings. The first-order chi connectivity index (χ1) is 10.3. The number of ether oxygens (including phenoxy) is 2. The Morgan fingerprint density at radius 3 is 2.76 bits per heavy atom. The van der Waals surface area contributed by atoms with Crippen molar-refractivity contribution in [1.82, 2.24) is 4.98 Å². The van der Waals surface area contributed by atoms with Crippen LogP contribution in [0.5, 0.6) is 5.75 Å². The van der Waals surface area contributed by atoms with Gasteiger partial charge in [-0.3, -0.25) is 0 Å². The first-order valence-electron chi connectivity index (χ1n) is 6.42. The molecule has 0 saturated carbocycles. The van der Waals surface area contributed by atoms with E-state index >= 15 is 0 Å². The van der Waals surface area contributed by atoms with Crippen LogP contribution in [0.4, 0.5) is 0 Å². The van der Waals surface area contributed by atoms with Crippen LogP contribution >= 0.6 is 11.3 Å². The number of fused-ring (bicyclic) bond motifs is 1. The summed E-state index contributed by atoms with van der Waals surface area (Å²) in [7, 11) is 1.36. The van der Waals surface area contributed by atoms with Crippen LogP contribution in [0.15, 0.2) is 48.7 Å². The highest BCUT2D eigenvalue weighted by molar-refractivity contribution is 7.20. The third kappa shape index (κ3) is 2.73. The molecule has 0 bridgehead atoms. The number of pyridine rings is 1. The molecule has 0 aliphatic heterocycles. The summed E-state index contributed by atoms with van der Waals surface area (Å²) in [5.74, 6) is 0.139. The third-order valence-electron chi connectivity index (χ3n) is 3.02. The van der Waals surface area contributed by atoms with Crippen molar-refractivity contribution in [3.63, 3.8) is 0 Å². The third-order valence-corrected chi connectivity index (χ3v) is 4.09. The van der Waals surface area contributed by atoms with Gasteiger partial charge < -0.3 is 9.47 Å². The van der Waals surface area contributed by atoms with Gasteiger partial charge in [0.15, 0.2) is 10.6 Å². The Bertz CT molecular complexity index is 768. The SMILES string of the molecule is COC(=O)c1sc2ncccc2c1OCc1ccccc1. The van der Waals surface area contributed by atoms with Gasteiger partial charge in [-0.1, -0.05) is 30.3 Å². The number of carbonyl (C=O) groups is 1. The lowest BCUT2D eigenvalue weighted by atomic mass is 10.2. The Hall–Kier alpha value is -2.40. The lowest BCUT2D eigenvalue weighted by molar-refractivity contribution is 0.0602. The molecule has 0 radical (unpaired) electrons. The van der Waals surface area contributed by atoms with E-state index in [-0.39, 0.29) is 0 Å². The molecule has 0 N–H and O–H groups in total. The predicted octanol–water partition coefficient (Wildman–Crippen LogP) is 3.66. The number of hydrogen-bond donors (Lipinski definition) is 0. The standard InChI is InChI=1S/C16H13NO3S/c1-19-16(18)14-13(12-8-5-9-17-15(12)21-14)20-10-11-6-3-2-4-7-11/h2-9H,10H2,1H3. The number of nitrogens with zero attached hydrogens (tertiary/aromatic N) is 1. The maximum Gasteiger partial charge on any atom is 0.351 e. The van der Waals surface area contributed by atoms with Crippen molar-refractivity contribution in [3.8, 4) is 5.75 Å². The quantitative estimate of drug-likeness (QED) is 0.690. The summed E-state index contributed by atoms with van der Waals surface area (Å²) in [6, 6.07) is 13.5. The Kier molecular flexibility index (Phi) is 3.83. The minimum absolute atomic E-state index is 0.394. The van der Waals surface area contributed by atoms with Gasteiger partial charge in [-0.05, 0) is 17.7 Å². The fraction of sp³-hybridized carbons (Fsp3) is 0.125. The summed E-state index contributed by atoms with van der Waals surface area (Å²) in [6.07, 6.45) is 1.70. The fourth-order valence-corrected chi connectivity index (χ4v) is 3.02. The zero-order valence-electron chi connectivity index (χ0n) is 11.4. The highest BCUT2D eigenvalue weighted by Crippen LogP contribution is 2.37. The number of benzene rings is 1. The molecule has 0 fully saturated rings. The molecule has 2 aromatic heterocycles. The van der Waals surface area contributed by atoms with Crippen molar-refractivity contribution in [3.05, 3.63) is 59.1 Å². The number of methoxy groups -OCH3 is 1. The highest BCUT2D eigenvalue weighted by Gasteiger charge is 2.21. The fourth-order valence-electron chi connectivity index (χ4n) is 2.01. The average molecular weight is 299 g/mol. The lowest BCUT2D eigenvalue weighted by Gasteiger charge is -2.07. The van der Waals surface area contributed by atoms with Gasteiger partial charge in [-0.25, -0.2) is 9.78 Å². The first-order valence-corrected chi connectivity index (χ1v) is 7.24. The molecule has 0 spiro atoms. The summed E-state index contributed by atoms with van der Waals surface area (Å²) in [5.41, 5.74) is 1.04. The molecular formula is C16H13NO3S. The summed E-state index contributed by atoms with van der Waals surface area (Å²) in [5, 5.41) is 0.832. The van der Waals surface area contributed by atoms with Gasteiger partial charge in [0, 0.05) is 6.20 Å². The molecule has 2 heterocycles. The second-order valence-corrected chi connectivity index (χ2v) is 5.38. The van der Waals surface area contributed by atoms with E-state index in [0.29, 0.717) is 17.2 Å². The van der Waals surface area contributed by atoms with E-state index in [1.807, 2.05) is 42.5 Å². The smallest absolute Gasteiger partial charge is 0.351 e. The van der Waals surface area contributed by atoms with Crippen LogP contribution in [0.2, 0.25) is 0 Å². The van der Waals surface area contributed by atoms with Crippen LogP contribution < -0.4 is 4.74 Å². The molecule has 21 heavy (non-hydrogen) atoms. The van der Waals surface area contributed by atoms with Crippen molar-refractivity contribution >= 4 is 27.5 Å². The lowest BCUT2D eigenvalue weighted by Crippen LogP contribution is -2.02. The largest absolute Gasteiger partial charge is 0.486 e. The van der Waals surface area contributed by atoms with Gasteiger partial charge in [0.05, 0.1) is 12.5 Å². The van der Waals surface area contributed by atoms with Gasteiger partial charge >= 0.3 is 5.97 Å². The second-order valence-electron chi connectivity index (χ2n) is 4.38. The van der Waals surface area contributed by atoms with Gasteiger partial charge in [-0.2, -0.15) is 0 Å². The van der Waals surface area contributed by atoms with Crippen molar-refractivity contribution in [2.24, 2.45) is 0 Å². The molecular weight excluding hydrogens is 286 g/mol. The molecule has 5 heteroatoms. The Morgan fingerprint density at radius 1 is 1.19 bits per heavy atom. The van der Waals surface area contributed by atoms with E-state index in [4.69, 9.17) is 9.47 Å². The van der Waals surface area contributed by atoms with Crippen LogP contribution in [0.3, 0.4) is 0 Å². The van der Waals surface area contributed by atoms with Crippen LogP contribution in [0.1, 0.15) is 15.2 Å². The zero-order valence-corrected chi connectivity index (χ0v) is 12.2. The van der Waals surface area contributed by atoms with Gasteiger partial charge in [0.2, 0.25) is 0 Å². The van der Waals surface area contributed by atoms with Crippen molar-refractivity contribution in [1.29, 1.82) is 0 Å². The minimum atomic E-state index is -0.402. The monoisotopic (exact) mass is 299 g/mol. The van der Waals surface area contributed by atoms with E-state index in [1.54, 1.807) is 6.20 Å². The number of hydrogen-bond acceptors (Lipinski definition) is 5. The number of aromatic nitrogens is 1. The van der Waals surface area contributed by atoms with E-state index in [1.165, 1.54) is 18.4 Å². The molecule has 106 valence electrons. The summed E-state index contributed by atoms with van der Waals surface area (Å²) < 4.78 is 10.7. The van der Waals surface area contributed by atoms with Crippen LogP contribution in [0.25, 0.3) is 10.2 Å². The second kappa shape index (κ2) is 5.93. The Balaban J connectivity index is 1.97. The molecule has 0 aliphatic rings. The van der Waals surface area contributed by atoms with Crippen LogP contribution in [-0.2, 0) is 11.3 Å². The van der Waals surface area contributed by atoms with Crippen molar-refractivity contribution in [2.45, 2.75) is 6.61 Å². The topological polar surface area (TPSA) is 48.4 Å². The maximum atomic E-state index is 11.9. The molecule has 1 aromatic carbocycles. The molecule has 4 nitrogen and oxygen atoms in total. The predicted molar refractivity (Wildman–Crippen MR) is 81.7 cm³/mol. The zero-order chi connectivity index (χ0) is 14.7. The normalized spacial score (nSPS) is 10.5. The Labute approximate surface area is 126 Å².